The molecule has 0 aromatic heterocycles. The summed E-state index contributed by atoms with van der Waals surface area (Å²) in [4.78, 5) is 10.9. The Balaban J connectivity index is 2.24. The molecule has 1 aliphatic carbocycles. The van der Waals surface area contributed by atoms with Gasteiger partial charge in [0.1, 0.15) is 6.10 Å². The van der Waals surface area contributed by atoms with E-state index < -0.39 is 6.10 Å². The molecule has 3 nitrogen and oxygen atoms in total. The Morgan fingerprint density at radius 1 is 1.55 bits per heavy atom. The number of carbonyl (C=O) groups excluding carboxylic acids is 1. The van der Waals surface area contributed by atoms with Gasteiger partial charge in [-0.15, -0.1) is 0 Å². The highest BCUT2D eigenvalue weighted by Crippen LogP contribution is 2.17. The Morgan fingerprint density at radius 3 is 2.55 bits per heavy atom. The molecule has 1 unspecified atom stereocenters. The smallest absolute Gasteiger partial charge is 0.248 e. The molecule has 0 radical (unpaired) electrons. The van der Waals surface area contributed by atoms with E-state index in [-0.39, 0.29) is 5.91 Å². The zero-order valence-corrected chi connectivity index (χ0v) is 6.84. The van der Waals surface area contributed by atoms with E-state index in [9.17, 15) is 4.79 Å². The molecule has 0 spiro atoms. The summed E-state index contributed by atoms with van der Waals surface area (Å²) in [5.74, 6) is -0.239. The van der Waals surface area contributed by atoms with Crippen LogP contribution >= 0.6 is 0 Å². The van der Waals surface area contributed by atoms with Crippen LogP contribution in [0.3, 0.4) is 0 Å². The van der Waals surface area contributed by atoms with Crippen molar-refractivity contribution < 1.29 is 9.90 Å². The molecule has 1 fully saturated rings. The molecule has 1 atom stereocenters. The van der Waals surface area contributed by atoms with E-state index in [2.05, 4.69) is 5.32 Å². The van der Waals surface area contributed by atoms with E-state index >= 15 is 0 Å². The number of aliphatic hydroxyl groups excluding tert-OH is 1. The van der Waals surface area contributed by atoms with Crippen molar-refractivity contribution in [2.75, 3.05) is 0 Å². The molecule has 1 amide bonds. The topological polar surface area (TPSA) is 49.3 Å². The molecule has 0 bridgehead atoms. The number of aliphatic hydroxyl groups is 1. The molecule has 11 heavy (non-hydrogen) atoms. The first kappa shape index (κ1) is 8.53. The van der Waals surface area contributed by atoms with E-state index in [0.29, 0.717) is 6.04 Å². The van der Waals surface area contributed by atoms with Gasteiger partial charge in [0.05, 0.1) is 0 Å². The number of nitrogens with one attached hydrogen (secondary N) is 1. The number of hydrogen-bond donors (Lipinski definition) is 2. The maximum absolute atomic E-state index is 10.9. The monoisotopic (exact) mass is 157 g/mol. The van der Waals surface area contributed by atoms with Crippen molar-refractivity contribution in [1.29, 1.82) is 0 Å². The van der Waals surface area contributed by atoms with Crippen LogP contribution in [-0.2, 0) is 4.79 Å². The normalized spacial score (nSPS) is 21.6. The first-order chi connectivity index (χ1) is 5.20. The van der Waals surface area contributed by atoms with Crippen LogP contribution in [0, 0.1) is 0 Å². The number of carbonyl (C=O) groups is 1. The SMILES string of the molecule is CC(O)C(=O)NC1CCCC1. The van der Waals surface area contributed by atoms with Crippen molar-refractivity contribution in [2.24, 2.45) is 0 Å². The van der Waals surface area contributed by atoms with Crippen LogP contribution in [0.25, 0.3) is 0 Å². The van der Waals surface area contributed by atoms with Crippen LogP contribution in [0.1, 0.15) is 32.6 Å². The van der Waals surface area contributed by atoms with Gasteiger partial charge in [-0.25, -0.2) is 0 Å². The lowest BCUT2D eigenvalue weighted by Gasteiger charge is -2.12. The predicted molar refractivity (Wildman–Crippen MR) is 42.1 cm³/mol. The molecule has 2 N–H and O–H groups in total. The van der Waals surface area contributed by atoms with Gasteiger partial charge >= 0.3 is 0 Å². The van der Waals surface area contributed by atoms with Gasteiger partial charge in [0.2, 0.25) is 5.91 Å². The summed E-state index contributed by atoms with van der Waals surface area (Å²) in [6.07, 6.45) is 3.67. The third kappa shape index (κ3) is 2.50. The minimum atomic E-state index is -0.865. The summed E-state index contributed by atoms with van der Waals surface area (Å²) in [6, 6.07) is 0.317. The van der Waals surface area contributed by atoms with Gasteiger partial charge in [-0.05, 0) is 19.8 Å². The van der Waals surface area contributed by atoms with E-state index in [1.165, 1.54) is 19.8 Å². The standard InChI is InChI=1S/C8H15NO2/c1-6(10)8(11)9-7-4-2-3-5-7/h6-7,10H,2-5H2,1H3,(H,9,11). The Morgan fingerprint density at radius 2 is 2.09 bits per heavy atom. The number of rotatable bonds is 2. The largest absolute Gasteiger partial charge is 0.384 e. The van der Waals surface area contributed by atoms with Crippen molar-refractivity contribution in [3.05, 3.63) is 0 Å². The summed E-state index contributed by atoms with van der Waals surface area (Å²) in [5.41, 5.74) is 0. The summed E-state index contributed by atoms with van der Waals surface area (Å²) in [6.45, 7) is 1.49. The summed E-state index contributed by atoms with van der Waals surface area (Å²) < 4.78 is 0. The van der Waals surface area contributed by atoms with Crippen molar-refractivity contribution in [3.63, 3.8) is 0 Å². The maximum atomic E-state index is 10.9. The molecule has 1 rings (SSSR count). The van der Waals surface area contributed by atoms with E-state index in [4.69, 9.17) is 5.11 Å². The maximum Gasteiger partial charge on any atom is 0.248 e. The Bertz CT molecular complexity index is 139. The second-order valence-electron chi connectivity index (χ2n) is 3.17. The lowest BCUT2D eigenvalue weighted by Crippen LogP contribution is -2.38. The molecule has 0 saturated heterocycles. The van der Waals surface area contributed by atoms with Crippen LogP contribution in [0.5, 0.6) is 0 Å². The molecular formula is C8H15NO2. The number of amides is 1. The highest BCUT2D eigenvalue weighted by atomic mass is 16.3. The van der Waals surface area contributed by atoms with Gasteiger partial charge in [-0.1, -0.05) is 12.8 Å². The molecular weight excluding hydrogens is 142 g/mol. The summed E-state index contributed by atoms with van der Waals surface area (Å²) >= 11 is 0. The Labute approximate surface area is 66.8 Å². The average Bonchev–Trinajstić information content (AvgIpc) is 2.39. The van der Waals surface area contributed by atoms with Gasteiger partial charge in [0.25, 0.3) is 0 Å². The molecule has 0 aliphatic heterocycles. The van der Waals surface area contributed by atoms with Crippen LogP contribution in [0.4, 0.5) is 0 Å². The minimum absolute atomic E-state index is 0.239. The zero-order chi connectivity index (χ0) is 8.27. The molecule has 1 aliphatic rings. The Hall–Kier alpha value is -0.570. The molecule has 1 saturated carbocycles. The van der Waals surface area contributed by atoms with Gasteiger partial charge in [-0.2, -0.15) is 0 Å². The fraction of sp³-hybridized carbons (Fsp3) is 0.875. The fourth-order valence-electron chi connectivity index (χ4n) is 1.39. The fourth-order valence-corrected chi connectivity index (χ4v) is 1.39. The van der Waals surface area contributed by atoms with Gasteiger partial charge in [0, 0.05) is 6.04 Å². The third-order valence-corrected chi connectivity index (χ3v) is 2.08. The van der Waals surface area contributed by atoms with Crippen molar-refractivity contribution in [2.45, 2.75) is 44.8 Å². The first-order valence-corrected chi connectivity index (χ1v) is 4.18. The molecule has 0 heterocycles. The van der Waals surface area contributed by atoms with Gasteiger partial charge in [0.15, 0.2) is 0 Å². The predicted octanol–water partition coefficient (Wildman–Crippen LogP) is 0.426. The highest BCUT2D eigenvalue weighted by Gasteiger charge is 2.18. The quantitative estimate of drug-likeness (QED) is 0.610. The minimum Gasteiger partial charge on any atom is -0.384 e. The zero-order valence-electron chi connectivity index (χ0n) is 6.84. The molecule has 64 valence electrons. The molecule has 0 aromatic rings. The molecule has 3 heteroatoms. The van der Waals surface area contributed by atoms with Crippen LogP contribution < -0.4 is 5.32 Å². The second kappa shape index (κ2) is 3.72. The lowest BCUT2D eigenvalue weighted by molar-refractivity contribution is -0.129. The van der Waals surface area contributed by atoms with Crippen LogP contribution in [-0.4, -0.2) is 23.2 Å². The van der Waals surface area contributed by atoms with Gasteiger partial charge < -0.3 is 10.4 Å². The average molecular weight is 157 g/mol. The summed E-state index contributed by atoms with van der Waals surface area (Å²) in [7, 11) is 0. The van der Waals surface area contributed by atoms with Crippen LogP contribution in [0.2, 0.25) is 0 Å². The van der Waals surface area contributed by atoms with Crippen molar-refractivity contribution >= 4 is 5.91 Å². The lowest BCUT2D eigenvalue weighted by atomic mass is 10.2. The van der Waals surface area contributed by atoms with E-state index in [1.54, 1.807) is 0 Å². The summed E-state index contributed by atoms with van der Waals surface area (Å²) in [5, 5.41) is 11.7. The first-order valence-electron chi connectivity index (χ1n) is 4.18. The second-order valence-corrected chi connectivity index (χ2v) is 3.17. The van der Waals surface area contributed by atoms with E-state index in [0.717, 1.165) is 12.8 Å². The van der Waals surface area contributed by atoms with E-state index in [1.807, 2.05) is 0 Å². The third-order valence-electron chi connectivity index (χ3n) is 2.08. The van der Waals surface area contributed by atoms with Crippen molar-refractivity contribution in [3.8, 4) is 0 Å². The molecule has 0 aromatic carbocycles. The van der Waals surface area contributed by atoms with Crippen molar-refractivity contribution in [1.82, 2.24) is 5.32 Å². The highest BCUT2D eigenvalue weighted by molar-refractivity contribution is 5.80. The number of hydrogen-bond acceptors (Lipinski definition) is 2. The Kier molecular flexibility index (Phi) is 2.88. The van der Waals surface area contributed by atoms with Gasteiger partial charge in [-0.3, -0.25) is 4.79 Å². The van der Waals surface area contributed by atoms with Crippen LogP contribution in [0.15, 0.2) is 0 Å².